The van der Waals surface area contributed by atoms with Crippen LogP contribution in [-0.2, 0) is 4.79 Å². The number of ether oxygens (including phenoxy) is 1. The molecule has 0 aliphatic carbocycles. The Balaban J connectivity index is 1.49. The van der Waals surface area contributed by atoms with Gasteiger partial charge in [-0.25, -0.2) is 9.50 Å². The Bertz CT molecular complexity index is 1140. The highest BCUT2D eigenvalue weighted by Gasteiger charge is 2.12. The van der Waals surface area contributed by atoms with Gasteiger partial charge in [0, 0.05) is 29.7 Å². The van der Waals surface area contributed by atoms with Crippen molar-refractivity contribution >= 4 is 29.0 Å². The first-order valence-electron chi connectivity index (χ1n) is 9.14. The van der Waals surface area contributed by atoms with Crippen LogP contribution in [0.1, 0.15) is 12.6 Å². The SMILES string of the molecule is CCOc1ccc(-c2cc3c(SCC(=O)Nc4cc(C)[nH]n4)nccn3n2)cc1. The van der Waals surface area contributed by atoms with Gasteiger partial charge in [0.1, 0.15) is 10.8 Å². The molecule has 0 atom stereocenters. The molecule has 9 heteroatoms. The summed E-state index contributed by atoms with van der Waals surface area (Å²) >= 11 is 1.36. The Morgan fingerprint density at radius 3 is 2.83 bits per heavy atom. The molecule has 1 aromatic carbocycles. The minimum absolute atomic E-state index is 0.142. The van der Waals surface area contributed by atoms with Crippen LogP contribution in [0.3, 0.4) is 0 Å². The number of carbonyl (C=O) groups is 1. The summed E-state index contributed by atoms with van der Waals surface area (Å²) in [6.45, 7) is 4.47. The van der Waals surface area contributed by atoms with Gasteiger partial charge in [0.15, 0.2) is 5.82 Å². The van der Waals surface area contributed by atoms with Gasteiger partial charge in [-0.05, 0) is 44.2 Å². The molecule has 0 unspecified atom stereocenters. The Hall–Kier alpha value is -3.33. The van der Waals surface area contributed by atoms with E-state index in [0.29, 0.717) is 12.4 Å². The molecule has 2 N–H and O–H groups in total. The van der Waals surface area contributed by atoms with Gasteiger partial charge in [-0.15, -0.1) is 0 Å². The molecule has 0 radical (unpaired) electrons. The van der Waals surface area contributed by atoms with Crippen molar-refractivity contribution in [1.82, 2.24) is 24.8 Å². The standard InChI is InChI=1S/C20H20N6O2S/c1-3-28-15-6-4-14(5-7-15)16-11-17-20(21-8-9-26(17)25-16)29-12-19(27)22-18-10-13(2)23-24-18/h4-11H,3,12H2,1-2H3,(H2,22,23,24,27). The Morgan fingerprint density at radius 2 is 2.10 bits per heavy atom. The third-order valence-corrected chi connectivity index (χ3v) is 5.12. The number of nitrogens with one attached hydrogen (secondary N) is 2. The lowest BCUT2D eigenvalue weighted by Crippen LogP contribution is -2.14. The molecule has 0 saturated heterocycles. The Labute approximate surface area is 171 Å². The molecule has 3 heterocycles. The van der Waals surface area contributed by atoms with E-state index in [0.717, 1.165) is 33.2 Å². The number of nitrogens with zero attached hydrogens (tertiary/aromatic N) is 4. The highest BCUT2D eigenvalue weighted by Crippen LogP contribution is 2.27. The number of carbonyl (C=O) groups excluding carboxylic acids is 1. The second-order valence-electron chi connectivity index (χ2n) is 6.32. The number of rotatable bonds is 7. The maximum Gasteiger partial charge on any atom is 0.235 e. The van der Waals surface area contributed by atoms with Crippen molar-refractivity contribution in [2.75, 3.05) is 17.7 Å². The maximum atomic E-state index is 12.2. The van der Waals surface area contributed by atoms with E-state index in [1.807, 2.05) is 44.2 Å². The molecule has 8 nitrogen and oxygen atoms in total. The molecule has 3 aromatic heterocycles. The van der Waals surface area contributed by atoms with Crippen molar-refractivity contribution in [2.45, 2.75) is 18.9 Å². The smallest absolute Gasteiger partial charge is 0.235 e. The van der Waals surface area contributed by atoms with Crippen molar-refractivity contribution in [3.05, 3.63) is 54.5 Å². The maximum absolute atomic E-state index is 12.2. The van der Waals surface area contributed by atoms with Gasteiger partial charge in [-0.2, -0.15) is 10.2 Å². The van der Waals surface area contributed by atoms with Crippen LogP contribution in [-0.4, -0.2) is 43.1 Å². The van der Waals surface area contributed by atoms with E-state index in [1.54, 1.807) is 23.0 Å². The van der Waals surface area contributed by atoms with Crippen LogP contribution in [0.2, 0.25) is 0 Å². The molecule has 0 bridgehead atoms. The van der Waals surface area contributed by atoms with Gasteiger partial charge < -0.3 is 10.1 Å². The van der Waals surface area contributed by atoms with E-state index in [2.05, 4.69) is 25.6 Å². The zero-order valence-corrected chi connectivity index (χ0v) is 16.9. The molecule has 148 valence electrons. The van der Waals surface area contributed by atoms with Gasteiger partial charge in [-0.1, -0.05) is 11.8 Å². The minimum Gasteiger partial charge on any atom is -0.494 e. The van der Waals surface area contributed by atoms with Crippen LogP contribution in [0.5, 0.6) is 5.75 Å². The Morgan fingerprint density at radius 1 is 1.28 bits per heavy atom. The number of amides is 1. The van der Waals surface area contributed by atoms with Gasteiger partial charge in [0.2, 0.25) is 5.91 Å². The highest BCUT2D eigenvalue weighted by molar-refractivity contribution is 8.00. The summed E-state index contributed by atoms with van der Waals surface area (Å²) in [4.78, 5) is 16.6. The van der Waals surface area contributed by atoms with Crippen molar-refractivity contribution in [1.29, 1.82) is 0 Å². The summed E-state index contributed by atoms with van der Waals surface area (Å²) in [6.07, 6.45) is 3.48. The van der Waals surface area contributed by atoms with Crippen LogP contribution >= 0.6 is 11.8 Å². The monoisotopic (exact) mass is 408 g/mol. The quantitative estimate of drug-likeness (QED) is 0.454. The normalized spacial score (nSPS) is 11.0. The average molecular weight is 408 g/mol. The van der Waals surface area contributed by atoms with Crippen molar-refractivity contribution < 1.29 is 9.53 Å². The van der Waals surface area contributed by atoms with E-state index >= 15 is 0 Å². The molecule has 29 heavy (non-hydrogen) atoms. The van der Waals surface area contributed by atoms with Crippen LogP contribution in [0.15, 0.2) is 53.8 Å². The number of aromatic nitrogens is 5. The number of thioether (sulfide) groups is 1. The molecular formula is C20H20N6O2S. The third-order valence-electron chi connectivity index (χ3n) is 4.13. The fraction of sp³-hybridized carbons (Fsp3) is 0.200. The summed E-state index contributed by atoms with van der Waals surface area (Å²) in [5, 5.41) is 14.9. The molecule has 0 aliphatic rings. The van der Waals surface area contributed by atoms with E-state index in [9.17, 15) is 4.79 Å². The summed E-state index contributed by atoms with van der Waals surface area (Å²) in [5.74, 6) is 1.43. The predicted molar refractivity (Wildman–Crippen MR) is 112 cm³/mol. The number of hydrogen-bond acceptors (Lipinski definition) is 6. The topological polar surface area (TPSA) is 97.2 Å². The lowest BCUT2D eigenvalue weighted by molar-refractivity contribution is -0.113. The van der Waals surface area contributed by atoms with Crippen LogP contribution < -0.4 is 10.1 Å². The molecule has 0 fully saturated rings. The van der Waals surface area contributed by atoms with Gasteiger partial charge in [0.05, 0.1) is 23.6 Å². The fourth-order valence-electron chi connectivity index (χ4n) is 2.83. The van der Waals surface area contributed by atoms with E-state index in [-0.39, 0.29) is 11.7 Å². The van der Waals surface area contributed by atoms with Crippen LogP contribution in [0.4, 0.5) is 5.82 Å². The van der Waals surface area contributed by atoms with Gasteiger partial charge in [-0.3, -0.25) is 9.89 Å². The molecule has 0 aliphatic heterocycles. The first-order chi connectivity index (χ1) is 14.1. The van der Waals surface area contributed by atoms with E-state index in [1.165, 1.54) is 11.8 Å². The first-order valence-corrected chi connectivity index (χ1v) is 10.1. The van der Waals surface area contributed by atoms with Gasteiger partial charge >= 0.3 is 0 Å². The van der Waals surface area contributed by atoms with Gasteiger partial charge in [0.25, 0.3) is 0 Å². The lowest BCUT2D eigenvalue weighted by Gasteiger charge is -2.03. The third kappa shape index (κ3) is 4.40. The second-order valence-corrected chi connectivity index (χ2v) is 7.29. The van der Waals surface area contributed by atoms with Crippen LogP contribution in [0.25, 0.3) is 16.8 Å². The molecular weight excluding hydrogens is 388 g/mol. The summed E-state index contributed by atoms with van der Waals surface area (Å²) in [7, 11) is 0. The van der Waals surface area contributed by atoms with Crippen molar-refractivity contribution in [3.63, 3.8) is 0 Å². The minimum atomic E-state index is -0.142. The van der Waals surface area contributed by atoms with E-state index in [4.69, 9.17) is 4.74 Å². The zero-order valence-electron chi connectivity index (χ0n) is 16.0. The Kier molecular flexibility index (Phi) is 5.48. The molecule has 0 spiro atoms. The van der Waals surface area contributed by atoms with Crippen molar-refractivity contribution in [3.8, 4) is 17.0 Å². The summed E-state index contributed by atoms with van der Waals surface area (Å²) in [6, 6.07) is 11.6. The second kappa shape index (κ2) is 8.36. The largest absolute Gasteiger partial charge is 0.494 e. The van der Waals surface area contributed by atoms with E-state index < -0.39 is 0 Å². The number of H-pyrrole nitrogens is 1. The number of aromatic amines is 1. The predicted octanol–water partition coefficient (Wildman–Crippen LogP) is 3.56. The number of anilines is 1. The zero-order chi connectivity index (χ0) is 20.2. The lowest BCUT2D eigenvalue weighted by atomic mass is 10.1. The number of hydrogen-bond donors (Lipinski definition) is 2. The van der Waals surface area contributed by atoms with Crippen molar-refractivity contribution in [2.24, 2.45) is 0 Å². The molecule has 0 saturated carbocycles. The number of benzene rings is 1. The number of fused-ring (bicyclic) bond motifs is 1. The highest BCUT2D eigenvalue weighted by atomic mass is 32.2. The first kappa shape index (κ1) is 19.0. The number of aryl methyl sites for hydroxylation is 1. The van der Waals surface area contributed by atoms with Crippen LogP contribution in [0, 0.1) is 6.92 Å². The molecule has 1 amide bonds. The average Bonchev–Trinajstić information content (AvgIpc) is 3.33. The molecule has 4 aromatic rings. The summed E-state index contributed by atoms with van der Waals surface area (Å²) < 4.78 is 7.26. The fourth-order valence-corrected chi connectivity index (χ4v) is 3.61. The summed E-state index contributed by atoms with van der Waals surface area (Å²) in [5.41, 5.74) is 3.56. The molecule has 4 rings (SSSR count).